The number of hydrogen-bond acceptors (Lipinski definition) is 7. The van der Waals surface area contributed by atoms with Gasteiger partial charge in [0.2, 0.25) is 5.88 Å². The molecule has 0 bridgehead atoms. The highest BCUT2D eigenvalue weighted by Crippen LogP contribution is 2.43. The van der Waals surface area contributed by atoms with Crippen LogP contribution >= 0.6 is 0 Å². The van der Waals surface area contributed by atoms with E-state index in [1.54, 1.807) is 36.4 Å². The Hall–Kier alpha value is -4.83. The van der Waals surface area contributed by atoms with Gasteiger partial charge in [-0.15, -0.1) is 0 Å². The Morgan fingerprint density at radius 2 is 1.76 bits per heavy atom. The Kier molecular flexibility index (Phi) is 5.81. The van der Waals surface area contributed by atoms with Crippen molar-refractivity contribution in [2.45, 2.75) is 32.1 Å². The molecule has 1 aliphatic heterocycles. The van der Waals surface area contributed by atoms with Crippen molar-refractivity contribution in [2.75, 3.05) is 0 Å². The van der Waals surface area contributed by atoms with Gasteiger partial charge in [-0.05, 0) is 34.7 Å². The smallest absolute Gasteiger partial charge is 0.351 e. The van der Waals surface area contributed by atoms with E-state index in [2.05, 4.69) is 26.8 Å². The van der Waals surface area contributed by atoms with Gasteiger partial charge in [0.25, 0.3) is 0 Å². The molecule has 1 atom stereocenters. The average Bonchev–Trinajstić information content (AvgIpc) is 2.87. The van der Waals surface area contributed by atoms with E-state index in [1.807, 2.05) is 24.3 Å². The molecule has 0 aliphatic carbocycles. The highest BCUT2D eigenvalue weighted by atomic mass is 16.5. The van der Waals surface area contributed by atoms with Crippen molar-refractivity contribution in [3.8, 4) is 17.6 Å². The molecule has 7 nitrogen and oxygen atoms in total. The molecule has 4 aromatic rings. The zero-order valence-corrected chi connectivity index (χ0v) is 20.6. The fourth-order valence-electron chi connectivity index (χ4n) is 4.38. The minimum Gasteiger partial charge on any atom is -0.440 e. The first-order chi connectivity index (χ1) is 17.7. The van der Waals surface area contributed by atoms with Crippen molar-refractivity contribution in [3.05, 3.63) is 117 Å². The maximum absolute atomic E-state index is 12.8. The van der Waals surface area contributed by atoms with Gasteiger partial charge in [0.15, 0.2) is 0 Å². The van der Waals surface area contributed by atoms with Crippen LogP contribution in [0.25, 0.3) is 11.0 Å². The van der Waals surface area contributed by atoms with Gasteiger partial charge in [-0.2, -0.15) is 5.26 Å². The fraction of sp³-hybridized carbons (Fsp3) is 0.167. The van der Waals surface area contributed by atoms with Gasteiger partial charge in [0, 0.05) is 17.0 Å². The van der Waals surface area contributed by atoms with Gasteiger partial charge in [-0.3, -0.25) is 0 Å². The van der Waals surface area contributed by atoms with Crippen molar-refractivity contribution in [3.63, 3.8) is 0 Å². The lowest BCUT2D eigenvalue weighted by atomic mass is 9.81. The molecule has 1 aliphatic rings. The summed E-state index contributed by atoms with van der Waals surface area (Å²) < 4.78 is 16.5. The average molecular weight is 493 g/mol. The van der Waals surface area contributed by atoms with Gasteiger partial charge < -0.3 is 19.6 Å². The number of para-hydroxylation sites is 1. The second kappa shape index (κ2) is 8.99. The summed E-state index contributed by atoms with van der Waals surface area (Å²) >= 11 is 0. The van der Waals surface area contributed by atoms with E-state index < -0.39 is 17.5 Å². The number of allylic oxidation sites excluding steroid dienone is 1. The maximum atomic E-state index is 12.8. The summed E-state index contributed by atoms with van der Waals surface area (Å²) in [6, 6.07) is 23.4. The third-order valence-corrected chi connectivity index (χ3v) is 6.37. The van der Waals surface area contributed by atoms with E-state index in [0.29, 0.717) is 27.9 Å². The van der Waals surface area contributed by atoms with Crippen molar-refractivity contribution < 1.29 is 18.7 Å². The molecule has 7 heteroatoms. The number of carbonyl (C=O) groups excluding carboxylic acids is 1. The lowest BCUT2D eigenvalue weighted by molar-refractivity contribution is 0.0730. The molecule has 3 aromatic carbocycles. The van der Waals surface area contributed by atoms with E-state index >= 15 is 0 Å². The molecule has 0 amide bonds. The molecule has 0 fully saturated rings. The van der Waals surface area contributed by atoms with E-state index in [-0.39, 0.29) is 22.6 Å². The Morgan fingerprint density at radius 1 is 1.03 bits per heavy atom. The number of ether oxygens (including phenoxy) is 2. The van der Waals surface area contributed by atoms with Crippen LogP contribution in [0.5, 0.6) is 11.5 Å². The number of nitrogens with zero attached hydrogens (tertiary/aromatic N) is 1. The van der Waals surface area contributed by atoms with E-state index in [0.717, 1.165) is 5.56 Å². The molecule has 1 aromatic heterocycles. The number of nitriles is 1. The first-order valence-electron chi connectivity index (χ1n) is 11.7. The Bertz CT molecular complexity index is 1670. The predicted molar refractivity (Wildman–Crippen MR) is 138 cm³/mol. The molecule has 2 N–H and O–H groups in total. The molecule has 184 valence electrons. The molecule has 0 spiro atoms. The van der Waals surface area contributed by atoms with Crippen molar-refractivity contribution in [1.29, 1.82) is 5.26 Å². The van der Waals surface area contributed by atoms with Crippen LogP contribution in [0.2, 0.25) is 0 Å². The summed E-state index contributed by atoms with van der Waals surface area (Å²) in [5, 5.41) is 10.4. The van der Waals surface area contributed by atoms with Gasteiger partial charge in [0.05, 0.1) is 5.92 Å². The minimum absolute atomic E-state index is 0.0138. The molecule has 0 saturated carbocycles. The maximum Gasteiger partial charge on any atom is 0.351 e. The van der Waals surface area contributed by atoms with Crippen LogP contribution < -0.4 is 20.8 Å². The van der Waals surface area contributed by atoms with Gasteiger partial charge in [-0.1, -0.05) is 69.3 Å². The third kappa shape index (κ3) is 4.45. The zero-order chi connectivity index (χ0) is 26.3. The van der Waals surface area contributed by atoms with Crippen LogP contribution in [-0.4, -0.2) is 5.97 Å². The monoisotopic (exact) mass is 492 g/mol. The highest BCUT2D eigenvalue weighted by molar-refractivity contribution is 5.94. The summed E-state index contributed by atoms with van der Waals surface area (Å²) in [6.07, 6.45) is 0. The fourth-order valence-corrected chi connectivity index (χ4v) is 4.38. The zero-order valence-electron chi connectivity index (χ0n) is 20.6. The van der Waals surface area contributed by atoms with Crippen molar-refractivity contribution >= 4 is 16.9 Å². The van der Waals surface area contributed by atoms with E-state index in [4.69, 9.17) is 19.6 Å². The minimum atomic E-state index is -0.856. The largest absolute Gasteiger partial charge is 0.440 e. The number of hydrogen-bond donors (Lipinski definition) is 1. The molecule has 37 heavy (non-hydrogen) atoms. The van der Waals surface area contributed by atoms with Crippen LogP contribution in [0.3, 0.4) is 0 Å². The Morgan fingerprint density at radius 3 is 2.46 bits per heavy atom. The van der Waals surface area contributed by atoms with Crippen molar-refractivity contribution in [2.24, 2.45) is 5.73 Å². The van der Waals surface area contributed by atoms with Crippen LogP contribution in [0.4, 0.5) is 0 Å². The number of esters is 1. The van der Waals surface area contributed by atoms with E-state index in [1.165, 1.54) is 17.7 Å². The third-order valence-electron chi connectivity index (χ3n) is 6.37. The number of fused-ring (bicyclic) bond motifs is 2. The highest BCUT2D eigenvalue weighted by Gasteiger charge is 2.31. The second-order valence-corrected chi connectivity index (χ2v) is 9.87. The normalized spacial score (nSPS) is 15.0. The summed E-state index contributed by atoms with van der Waals surface area (Å²) in [7, 11) is 0. The van der Waals surface area contributed by atoms with Gasteiger partial charge >= 0.3 is 11.6 Å². The topological polar surface area (TPSA) is 116 Å². The number of benzene rings is 3. The lowest BCUT2D eigenvalue weighted by Gasteiger charge is -2.27. The first-order valence-corrected chi connectivity index (χ1v) is 11.7. The summed E-state index contributed by atoms with van der Waals surface area (Å²) in [5.74, 6) is -0.798. The summed E-state index contributed by atoms with van der Waals surface area (Å²) in [4.78, 5) is 25.2. The summed E-state index contributed by atoms with van der Waals surface area (Å²) in [5.41, 5.74) is 8.53. The molecule has 5 rings (SSSR count). The van der Waals surface area contributed by atoms with Gasteiger partial charge in [-0.25, -0.2) is 9.59 Å². The molecule has 2 heterocycles. The van der Waals surface area contributed by atoms with E-state index in [9.17, 15) is 14.9 Å². The Balaban J connectivity index is 1.48. The molecule has 0 radical (unpaired) electrons. The Labute approximate surface area is 213 Å². The number of carbonyl (C=O) groups is 1. The van der Waals surface area contributed by atoms with Gasteiger partial charge in [0.1, 0.15) is 34.3 Å². The van der Waals surface area contributed by atoms with Crippen molar-refractivity contribution in [1.82, 2.24) is 0 Å². The molecular weight excluding hydrogens is 468 g/mol. The van der Waals surface area contributed by atoms with Crippen LogP contribution in [0.15, 0.2) is 93.5 Å². The first kappa shape index (κ1) is 23.9. The summed E-state index contributed by atoms with van der Waals surface area (Å²) in [6.45, 7) is 6.40. The van der Waals surface area contributed by atoms with Crippen LogP contribution in [0, 0.1) is 11.3 Å². The number of rotatable bonds is 3. The second-order valence-electron chi connectivity index (χ2n) is 9.87. The van der Waals surface area contributed by atoms with Crippen LogP contribution in [-0.2, 0) is 5.41 Å². The predicted octanol–water partition coefficient (Wildman–Crippen LogP) is 5.53. The molecule has 1 unspecified atom stereocenters. The quantitative estimate of drug-likeness (QED) is 0.227. The lowest BCUT2D eigenvalue weighted by Crippen LogP contribution is -2.22. The number of nitrogens with two attached hydrogens (primary N) is 1. The SMILES string of the molecule is CC(C)(C)c1ccc(C2C(C#N)=C(N)Oc3cc(OC(=O)c4cc5ccccc5oc4=O)ccc32)cc1. The van der Waals surface area contributed by atoms with Crippen LogP contribution in [0.1, 0.15) is 53.7 Å². The molecule has 0 saturated heterocycles. The standard InChI is InChI=1S/C30H24N2O5/c1-30(2,3)19-10-8-17(9-11-19)26-21-13-12-20(15-25(21)36-27(32)23(26)16-31)35-28(33)22-14-18-6-4-5-7-24(18)37-29(22)34/h4-15,26H,32H2,1-3H3. The molecular formula is C30H24N2O5.